The first kappa shape index (κ1) is 20.5. The monoisotopic (exact) mass is 401 g/mol. The van der Waals surface area contributed by atoms with Crippen molar-refractivity contribution in [2.45, 2.75) is 31.6 Å². The number of hydrogen-bond acceptors (Lipinski definition) is 5. The maximum Gasteiger partial charge on any atom is 0.252 e. The second-order valence-electron chi connectivity index (χ2n) is 7.32. The summed E-state index contributed by atoms with van der Waals surface area (Å²) in [4.78, 5) is 16.5. The fourth-order valence-electron chi connectivity index (χ4n) is 3.51. The summed E-state index contributed by atoms with van der Waals surface area (Å²) in [5, 5.41) is 5.19. The van der Waals surface area contributed by atoms with Crippen molar-refractivity contribution >= 4 is 15.7 Å². The molecule has 1 unspecified atom stereocenters. The fourth-order valence-corrected chi connectivity index (χ4v) is 5.42. The van der Waals surface area contributed by atoms with Gasteiger partial charge in [-0.3, -0.25) is 9.78 Å². The van der Waals surface area contributed by atoms with Crippen LogP contribution < -0.4 is 10.6 Å². The van der Waals surface area contributed by atoms with Gasteiger partial charge in [-0.25, -0.2) is 8.42 Å². The lowest BCUT2D eigenvalue weighted by Gasteiger charge is -2.31. The summed E-state index contributed by atoms with van der Waals surface area (Å²) >= 11 is 0. The van der Waals surface area contributed by atoms with Crippen molar-refractivity contribution in [1.29, 1.82) is 0 Å². The van der Waals surface area contributed by atoms with E-state index in [1.54, 1.807) is 12.1 Å². The lowest BCUT2D eigenvalue weighted by molar-refractivity contribution is 0.0934. The number of pyridine rings is 1. The van der Waals surface area contributed by atoms with Gasteiger partial charge in [0, 0.05) is 18.0 Å². The van der Waals surface area contributed by atoms with E-state index in [4.69, 9.17) is 0 Å². The topological polar surface area (TPSA) is 88.2 Å². The van der Waals surface area contributed by atoms with Crippen molar-refractivity contribution in [3.8, 4) is 0 Å². The Bertz CT molecular complexity index is 877. The van der Waals surface area contributed by atoms with Gasteiger partial charge in [0.25, 0.3) is 5.91 Å². The van der Waals surface area contributed by atoms with E-state index in [9.17, 15) is 13.2 Å². The van der Waals surface area contributed by atoms with Gasteiger partial charge in [0.1, 0.15) is 5.37 Å². The van der Waals surface area contributed by atoms with E-state index in [1.807, 2.05) is 31.2 Å². The molecule has 2 heterocycles. The van der Waals surface area contributed by atoms with Crippen LogP contribution in [0.3, 0.4) is 0 Å². The van der Waals surface area contributed by atoms with Gasteiger partial charge in [0.15, 0.2) is 9.84 Å². The van der Waals surface area contributed by atoms with E-state index < -0.39 is 15.2 Å². The minimum absolute atomic E-state index is 0.0152. The highest BCUT2D eigenvalue weighted by atomic mass is 32.2. The predicted octanol–water partition coefficient (Wildman–Crippen LogP) is 2.10. The van der Waals surface area contributed by atoms with Crippen LogP contribution in [0.25, 0.3) is 0 Å². The van der Waals surface area contributed by atoms with Gasteiger partial charge >= 0.3 is 0 Å². The van der Waals surface area contributed by atoms with Crippen molar-refractivity contribution in [3.05, 3.63) is 65.5 Å². The number of aryl methyl sites for hydroxylation is 2. The summed E-state index contributed by atoms with van der Waals surface area (Å²) in [6.07, 6.45) is 4.95. The minimum atomic E-state index is -3.51. The smallest absolute Gasteiger partial charge is 0.252 e. The maximum atomic E-state index is 13.2. The second kappa shape index (κ2) is 9.30. The Morgan fingerprint density at radius 2 is 1.79 bits per heavy atom. The molecule has 150 valence electrons. The average Bonchev–Trinajstić information content (AvgIpc) is 2.72. The third-order valence-corrected chi connectivity index (χ3v) is 7.26. The Kier molecular flexibility index (Phi) is 6.80. The van der Waals surface area contributed by atoms with E-state index in [-0.39, 0.29) is 17.6 Å². The molecule has 2 N–H and O–H groups in total. The predicted molar refractivity (Wildman–Crippen MR) is 110 cm³/mol. The summed E-state index contributed by atoms with van der Waals surface area (Å²) < 4.78 is 26.4. The van der Waals surface area contributed by atoms with Crippen molar-refractivity contribution < 1.29 is 13.2 Å². The van der Waals surface area contributed by atoms with Gasteiger partial charge in [-0.05, 0) is 62.9 Å². The molecule has 1 amide bonds. The van der Waals surface area contributed by atoms with Crippen LogP contribution in [-0.4, -0.2) is 43.5 Å². The Morgan fingerprint density at radius 3 is 2.43 bits per heavy atom. The quantitative estimate of drug-likeness (QED) is 0.742. The van der Waals surface area contributed by atoms with Gasteiger partial charge in [-0.15, -0.1) is 0 Å². The first-order chi connectivity index (χ1) is 13.5. The van der Waals surface area contributed by atoms with Gasteiger partial charge < -0.3 is 10.6 Å². The molecule has 0 saturated carbocycles. The van der Waals surface area contributed by atoms with Crippen LogP contribution in [0.1, 0.15) is 34.3 Å². The van der Waals surface area contributed by atoms with Gasteiger partial charge in [0.05, 0.1) is 5.75 Å². The molecular weight excluding hydrogens is 374 g/mol. The standard InChI is InChI=1S/C21H27N3O3S/c1-16-2-4-17(5-3-16)10-15-28(26,27)21(19-8-13-23-14-9-19)24-20(25)18-6-11-22-12-7-18/h2-7,11-12,19,21,23H,8-10,13-15H2,1H3,(H,24,25). The molecule has 0 spiro atoms. The molecule has 1 aromatic carbocycles. The Hall–Kier alpha value is -2.25. The number of aromatic nitrogens is 1. The van der Waals surface area contributed by atoms with Crippen LogP contribution >= 0.6 is 0 Å². The summed E-state index contributed by atoms with van der Waals surface area (Å²) in [5.74, 6) is -0.443. The zero-order valence-electron chi connectivity index (χ0n) is 16.1. The van der Waals surface area contributed by atoms with Crippen molar-refractivity contribution in [3.63, 3.8) is 0 Å². The van der Waals surface area contributed by atoms with E-state index in [2.05, 4.69) is 15.6 Å². The molecule has 2 aromatic rings. The van der Waals surface area contributed by atoms with Crippen LogP contribution in [0.2, 0.25) is 0 Å². The van der Waals surface area contributed by atoms with E-state index in [1.165, 1.54) is 12.4 Å². The zero-order chi connectivity index (χ0) is 20.0. The molecule has 1 aromatic heterocycles. The molecule has 0 radical (unpaired) electrons. The number of sulfone groups is 1. The number of carbonyl (C=O) groups is 1. The van der Waals surface area contributed by atoms with Crippen LogP contribution in [-0.2, 0) is 16.3 Å². The number of nitrogens with one attached hydrogen (secondary N) is 2. The van der Waals surface area contributed by atoms with Crippen LogP contribution in [0, 0.1) is 12.8 Å². The molecule has 0 aliphatic carbocycles. The number of rotatable bonds is 7. The molecular formula is C21H27N3O3S. The number of carbonyl (C=O) groups excluding carboxylic acids is 1. The van der Waals surface area contributed by atoms with Crippen LogP contribution in [0.15, 0.2) is 48.8 Å². The summed E-state index contributed by atoms with van der Waals surface area (Å²) in [6.45, 7) is 3.53. The number of amides is 1. The average molecular weight is 402 g/mol. The molecule has 1 aliphatic rings. The fraction of sp³-hybridized carbons (Fsp3) is 0.429. The molecule has 28 heavy (non-hydrogen) atoms. The summed E-state index contributed by atoms with van der Waals surface area (Å²) in [5.41, 5.74) is 2.55. The highest BCUT2D eigenvalue weighted by Crippen LogP contribution is 2.22. The molecule has 1 aliphatic heterocycles. The first-order valence-corrected chi connectivity index (χ1v) is 11.4. The van der Waals surface area contributed by atoms with Gasteiger partial charge in [-0.1, -0.05) is 29.8 Å². The Morgan fingerprint density at radius 1 is 1.14 bits per heavy atom. The van der Waals surface area contributed by atoms with Crippen LogP contribution in [0.4, 0.5) is 0 Å². The molecule has 6 nitrogen and oxygen atoms in total. The van der Waals surface area contributed by atoms with Crippen molar-refractivity contribution in [2.24, 2.45) is 5.92 Å². The third kappa shape index (κ3) is 5.39. The Balaban J connectivity index is 1.76. The molecule has 1 atom stereocenters. The molecule has 1 fully saturated rings. The maximum absolute atomic E-state index is 13.2. The Labute approximate surface area is 166 Å². The van der Waals surface area contributed by atoms with E-state index >= 15 is 0 Å². The molecule has 0 bridgehead atoms. The number of hydrogen-bond donors (Lipinski definition) is 2. The summed E-state index contributed by atoms with van der Waals surface area (Å²) in [7, 11) is -3.51. The number of nitrogens with zero attached hydrogens (tertiary/aromatic N) is 1. The second-order valence-corrected chi connectivity index (χ2v) is 9.56. The number of benzene rings is 1. The van der Waals surface area contributed by atoms with Crippen molar-refractivity contribution in [2.75, 3.05) is 18.8 Å². The van der Waals surface area contributed by atoms with E-state index in [0.29, 0.717) is 12.0 Å². The van der Waals surface area contributed by atoms with Gasteiger partial charge in [-0.2, -0.15) is 0 Å². The molecule has 3 rings (SSSR count). The highest BCUT2D eigenvalue weighted by Gasteiger charge is 2.35. The third-order valence-electron chi connectivity index (χ3n) is 5.21. The van der Waals surface area contributed by atoms with Crippen molar-refractivity contribution in [1.82, 2.24) is 15.6 Å². The molecule has 1 saturated heterocycles. The lowest BCUT2D eigenvalue weighted by Crippen LogP contribution is -2.49. The minimum Gasteiger partial charge on any atom is -0.335 e. The van der Waals surface area contributed by atoms with E-state index in [0.717, 1.165) is 37.1 Å². The lowest BCUT2D eigenvalue weighted by atomic mass is 9.97. The van der Waals surface area contributed by atoms with Gasteiger partial charge in [0.2, 0.25) is 0 Å². The SMILES string of the molecule is Cc1ccc(CCS(=O)(=O)C(NC(=O)c2ccncc2)C2CCNCC2)cc1. The number of piperidine rings is 1. The highest BCUT2D eigenvalue weighted by molar-refractivity contribution is 7.92. The van der Waals surface area contributed by atoms with Crippen LogP contribution in [0.5, 0.6) is 0 Å². The molecule has 7 heteroatoms. The zero-order valence-corrected chi connectivity index (χ0v) is 16.9. The summed E-state index contributed by atoms with van der Waals surface area (Å²) in [6, 6.07) is 11.1. The normalized spacial score (nSPS) is 16.5. The first-order valence-electron chi connectivity index (χ1n) is 9.64. The largest absolute Gasteiger partial charge is 0.335 e.